The average molecular weight is 330 g/mol. The molecule has 0 radical (unpaired) electrons. The molecule has 0 bridgehead atoms. The predicted molar refractivity (Wildman–Crippen MR) is 74.6 cm³/mol. The van der Waals surface area contributed by atoms with Crippen molar-refractivity contribution in [3.05, 3.63) is 27.8 Å². The Bertz CT molecular complexity index is 568. The number of aliphatic hydroxyl groups is 1. The number of aromatic nitrogens is 1. The molecule has 18 heavy (non-hydrogen) atoms. The van der Waals surface area contributed by atoms with Crippen molar-refractivity contribution in [2.24, 2.45) is 0 Å². The summed E-state index contributed by atoms with van der Waals surface area (Å²) in [6, 6.07) is 1.80. The third-order valence-electron chi connectivity index (χ3n) is 1.85. The van der Waals surface area contributed by atoms with Crippen molar-refractivity contribution in [1.82, 2.24) is 4.98 Å². The second-order valence-corrected chi connectivity index (χ2v) is 4.87. The fraction of sp³-hybridized carbons (Fsp3) is 0.100. The maximum atomic E-state index is 11.2. The van der Waals surface area contributed by atoms with Gasteiger partial charge in [0.25, 0.3) is 0 Å². The number of halogens is 1. The molecule has 0 atom stereocenters. The first-order valence-electron chi connectivity index (χ1n) is 4.68. The number of nitrogens with zero attached hydrogens (tertiary/aromatic N) is 1. The van der Waals surface area contributed by atoms with Gasteiger partial charge >= 0.3 is 29.4 Å². The zero-order valence-electron chi connectivity index (χ0n) is 9.33. The van der Waals surface area contributed by atoms with E-state index in [9.17, 15) is 4.79 Å². The molecule has 0 amide bonds. The molecule has 2 rings (SSSR count). The minimum atomic E-state index is -0.307. The molecule has 0 aromatic carbocycles. The van der Waals surface area contributed by atoms with Crippen molar-refractivity contribution in [1.29, 1.82) is 0 Å². The van der Waals surface area contributed by atoms with Crippen LogP contribution < -0.4 is 0 Å². The van der Waals surface area contributed by atoms with E-state index < -0.39 is 0 Å². The number of carbonyl (C=O) groups is 1. The molecule has 0 unspecified atom stereocenters. The van der Waals surface area contributed by atoms with Crippen LogP contribution in [0, 0.1) is 0 Å². The molecule has 2 aromatic heterocycles. The van der Waals surface area contributed by atoms with Gasteiger partial charge < -0.3 is 4.74 Å². The molecule has 0 aliphatic heterocycles. The number of esters is 1. The first-order chi connectivity index (χ1) is 8.63. The van der Waals surface area contributed by atoms with Gasteiger partial charge in [-0.15, -0.1) is 11.3 Å². The molecule has 0 aliphatic rings. The van der Waals surface area contributed by atoms with E-state index in [1.807, 2.05) is 0 Å². The fourth-order valence-electron chi connectivity index (χ4n) is 1.13. The zero-order chi connectivity index (χ0) is 13.5. The summed E-state index contributed by atoms with van der Waals surface area (Å²) in [6.07, 6.45) is 3.99. The Balaban J connectivity index is 0.000000357. The Hall–Kier alpha value is -1.41. The molecule has 0 aliphatic carbocycles. The zero-order valence-corrected chi connectivity index (χ0v) is 11.7. The number of aliphatic hydroxyl groups excluding tert-OH is 1. The van der Waals surface area contributed by atoms with Gasteiger partial charge in [-0.3, -0.25) is 4.98 Å². The quantitative estimate of drug-likeness (QED) is 0.613. The first-order valence-corrected chi connectivity index (χ1v) is 6.29. The molecule has 94 valence electrons. The summed E-state index contributed by atoms with van der Waals surface area (Å²) in [5.74, 6) is -0.307. The second kappa shape index (κ2) is 7.12. The number of hydrogen-bond acceptors (Lipinski definition) is 6. The fourth-order valence-corrected chi connectivity index (χ4v) is 2.68. The van der Waals surface area contributed by atoms with Gasteiger partial charge in [0.15, 0.2) is 0 Å². The Kier molecular flexibility index (Phi) is 5.80. The van der Waals surface area contributed by atoms with Gasteiger partial charge in [0, 0.05) is 22.3 Å². The van der Waals surface area contributed by atoms with E-state index in [0.717, 1.165) is 14.6 Å². The van der Waals surface area contributed by atoms with Crippen LogP contribution in [0.2, 0.25) is 0 Å². The number of methoxy groups -OCH3 is 1. The van der Waals surface area contributed by atoms with Crippen LogP contribution in [0.1, 0.15) is 9.67 Å². The molecule has 0 fully saturated rings. The van der Waals surface area contributed by atoms with Crippen LogP contribution in [0.3, 0.4) is 0 Å². The average Bonchev–Trinajstić information content (AvgIpc) is 2.83. The number of hydrogen-bond donors (Lipinski definition) is 2. The summed E-state index contributed by atoms with van der Waals surface area (Å²) in [5, 5.41) is 15.9. The number of rotatable bonds is 1. The van der Waals surface area contributed by atoms with Gasteiger partial charge in [-0.05, 0) is 22.0 Å². The third kappa shape index (κ3) is 3.54. The SMILES string of the molecule is COC(=O)c1cc2c(Br)cncc2s1.OB=CO. The molecule has 5 nitrogen and oxygen atoms in total. The summed E-state index contributed by atoms with van der Waals surface area (Å²) in [7, 11) is 1.93. The van der Waals surface area contributed by atoms with E-state index in [2.05, 4.69) is 25.7 Å². The van der Waals surface area contributed by atoms with Crippen molar-refractivity contribution in [2.75, 3.05) is 7.11 Å². The summed E-state index contributed by atoms with van der Waals surface area (Å²) in [6.45, 7) is 0. The van der Waals surface area contributed by atoms with Crippen molar-refractivity contribution in [3.63, 3.8) is 0 Å². The Labute approximate surface area is 116 Å². The van der Waals surface area contributed by atoms with Gasteiger partial charge in [0.1, 0.15) is 4.88 Å². The van der Waals surface area contributed by atoms with Gasteiger partial charge in [0.2, 0.25) is 0 Å². The van der Waals surface area contributed by atoms with Crippen molar-refractivity contribution >= 4 is 56.6 Å². The third-order valence-corrected chi connectivity index (χ3v) is 3.53. The van der Waals surface area contributed by atoms with E-state index in [4.69, 9.17) is 10.1 Å². The van der Waals surface area contributed by atoms with E-state index in [-0.39, 0.29) is 5.97 Å². The molecule has 2 N–H and O–H groups in total. The van der Waals surface area contributed by atoms with Crippen molar-refractivity contribution in [3.8, 4) is 0 Å². The molecule has 0 saturated carbocycles. The van der Waals surface area contributed by atoms with Crippen LogP contribution in [0.4, 0.5) is 0 Å². The van der Waals surface area contributed by atoms with Crippen molar-refractivity contribution in [2.45, 2.75) is 0 Å². The van der Waals surface area contributed by atoms with Crippen LogP contribution >= 0.6 is 27.3 Å². The predicted octanol–water partition coefficient (Wildman–Crippen LogP) is 1.58. The van der Waals surface area contributed by atoms with Crippen molar-refractivity contribution < 1.29 is 19.7 Å². The van der Waals surface area contributed by atoms with Crippen LogP contribution in [0.25, 0.3) is 10.1 Å². The summed E-state index contributed by atoms with van der Waals surface area (Å²) < 4.78 is 6.50. The van der Waals surface area contributed by atoms with Gasteiger partial charge in [-0.2, -0.15) is 0 Å². The molecule has 0 spiro atoms. The van der Waals surface area contributed by atoms with Crippen LogP contribution in [-0.4, -0.2) is 41.5 Å². The summed E-state index contributed by atoms with van der Waals surface area (Å²) >= 11 is 4.75. The van der Waals surface area contributed by atoms with E-state index >= 15 is 0 Å². The van der Waals surface area contributed by atoms with Gasteiger partial charge in [-0.1, -0.05) is 0 Å². The molecule has 2 heterocycles. The van der Waals surface area contributed by atoms with E-state index in [1.165, 1.54) is 18.4 Å². The van der Waals surface area contributed by atoms with E-state index in [1.54, 1.807) is 18.5 Å². The number of thiophene rings is 1. The van der Waals surface area contributed by atoms with Crippen LogP contribution in [0.5, 0.6) is 0 Å². The maximum absolute atomic E-state index is 11.2. The first kappa shape index (κ1) is 14.7. The Morgan fingerprint density at radius 3 is 2.78 bits per heavy atom. The van der Waals surface area contributed by atoms with Gasteiger partial charge in [-0.25, -0.2) is 4.79 Å². The topological polar surface area (TPSA) is 79.7 Å². The molecule has 2 aromatic rings. The summed E-state index contributed by atoms with van der Waals surface area (Å²) in [5.41, 5.74) is 0. The second-order valence-electron chi connectivity index (χ2n) is 2.93. The van der Waals surface area contributed by atoms with Crippen LogP contribution in [0.15, 0.2) is 22.9 Å². The Morgan fingerprint density at radius 2 is 2.28 bits per heavy atom. The number of fused-ring (bicyclic) bond motifs is 1. The summed E-state index contributed by atoms with van der Waals surface area (Å²) in [4.78, 5) is 15.9. The van der Waals surface area contributed by atoms with E-state index in [0.29, 0.717) is 18.2 Å². The monoisotopic (exact) mass is 329 g/mol. The van der Waals surface area contributed by atoms with Gasteiger partial charge in [0.05, 0.1) is 11.8 Å². The molecular weight excluding hydrogens is 321 g/mol. The standard InChI is InChI=1S/C9H6BrNO2S.CH3BO2/c1-13-9(12)7-2-5-6(10)3-11-4-8(5)14-7;3-1-2-4/h2-4H,1H3;1,3-4H. The normalized spacial score (nSPS) is 9.67. The minimum absolute atomic E-state index is 0.307. The number of carbonyl (C=O) groups excluding carboxylic acids is 1. The van der Waals surface area contributed by atoms with Crippen LogP contribution in [-0.2, 0) is 4.74 Å². The Morgan fingerprint density at radius 1 is 1.61 bits per heavy atom. The number of ether oxygens (including phenoxy) is 1. The molecule has 0 saturated heterocycles. The number of pyridine rings is 1. The molecular formula is C10H9BBrNO4S. The molecule has 8 heteroatoms.